The fourth-order valence-electron chi connectivity index (χ4n) is 4.13. The van der Waals surface area contributed by atoms with Crippen LogP contribution in [0.5, 0.6) is 17.2 Å². The van der Waals surface area contributed by atoms with Crippen LogP contribution >= 0.6 is 0 Å². The molecule has 3 aromatic carbocycles. The first-order valence-corrected chi connectivity index (χ1v) is 10.6. The van der Waals surface area contributed by atoms with Crippen LogP contribution in [0, 0.1) is 6.92 Å². The molecular formula is C27H25NO6. The zero-order chi connectivity index (χ0) is 24.4. The van der Waals surface area contributed by atoms with Gasteiger partial charge in [-0.05, 0) is 36.8 Å². The lowest BCUT2D eigenvalue weighted by Crippen LogP contribution is -2.29. The molecule has 1 aliphatic heterocycles. The maximum atomic E-state index is 13.3. The molecule has 7 heteroatoms. The zero-order valence-corrected chi connectivity index (χ0v) is 19.4. The summed E-state index contributed by atoms with van der Waals surface area (Å²) in [5, 5.41) is 11.2. The summed E-state index contributed by atoms with van der Waals surface area (Å²) >= 11 is 0. The number of hydrogen-bond donors (Lipinski definition) is 1. The van der Waals surface area contributed by atoms with Gasteiger partial charge in [0.05, 0.1) is 32.9 Å². The van der Waals surface area contributed by atoms with Gasteiger partial charge in [-0.3, -0.25) is 14.5 Å². The number of amides is 1. The first kappa shape index (κ1) is 22.9. The van der Waals surface area contributed by atoms with Crippen molar-refractivity contribution in [2.24, 2.45) is 0 Å². The summed E-state index contributed by atoms with van der Waals surface area (Å²) in [4.78, 5) is 28.0. The number of carbonyl (C=O) groups is 2. The number of aliphatic hydroxyl groups is 1. The summed E-state index contributed by atoms with van der Waals surface area (Å²) in [6, 6.07) is 18.4. The molecular weight excluding hydrogens is 434 g/mol. The molecule has 1 unspecified atom stereocenters. The van der Waals surface area contributed by atoms with Crippen molar-refractivity contribution in [3.05, 3.63) is 89.0 Å². The lowest BCUT2D eigenvalue weighted by Gasteiger charge is -2.26. The third kappa shape index (κ3) is 3.85. The Hall–Kier alpha value is -4.26. The van der Waals surface area contributed by atoms with Crippen LogP contribution in [-0.4, -0.2) is 38.1 Å². The normalized spacial score (nSPS) is 17.1. The molecule has 0 spiro atoms. The molecule has 3 aromatic rings. The highest BCUT2D eigenvalue weighted by atomic mass is 16.5. The van der Waals surface area contributed by atoms with Crippen LogP contribution in [-0.2, 0) is 9.59 Å². The van der Waals surface area contributed by atoms with Gasteiger partial charge in [0.2, 0.25) is 5.75 Å². The number of aliphatic hydroxyl groups excluding tert-OH is 1. The van der Waals surface area contributed by atoms with E-state index in [4.69, 9.17) is 14.2 Å². The van der Waals surface area contributed by atoms with E-state index in [0.717, 1.165) is 5.56 Å². The minimum absolute atomic E-state index is 0.0222. The van der Waals surface area contributed by atoms with Crippen molar-refractivity contribution < 1.29 is 28.9 Å². The average Bonchev–Trinajstić information content (AvgIpc) is 3.13. The third-order valence-electron chi connectivity index (χ3n) is 5.81. The number of ether oxygens (including phenoxy) is 3. The van der Waals surface area contributed by atoms with Gasteiger partial charge in [-0.1, -0.05) is 48.0 Å². The minimum Gasteiger partial charge on any atom is -0.507 e. The molecule has 1 fully saturated rings. The van der Waals surface area contributed by atoms with Crippen LogP contribution in [0.25, 0.3) is 5.76 Å². The van der Waals surface area contributed by atoms with Gasteiger partial charge in [-0.25, -0.2) is 0 Å². The van der Waals surface area contributed by atoms with E-state index in [1.54, 1.807) is 54.6 Å². The molecule has 0 radical (unpaired) electrons. The summed E-state index contributed by atoms with van der Waals surface area (Å²) in [5.74, 6) is -0.658. The van der Waals surface area contributed by atoms with Crippen molar-refractivity contribution in [2.75, 3.05) is 26.2 Å². The van der Waals surface area contributed by atoms with Crippen LogP contribution in [0.15, 0.2) is 72.3 Å². The van der Waals surface area contributed by atoms with Gasteiger partial charge in [0.1, 0.15) is 5.76 Å². The fraction of sp³-hybridized carbons (Fsp3) is 0.185. The minimum atomic E-state index is -0.920. The number of ketones is 1. The molecule has 1 aliphatic rings. The van der Waals surface area contributed by atoms with Crippen LogP contribution in [0.2, 0.25) is 0 Å². The Morgan fingerprint density at radius 1 is 0.853 bits per heavy atom. The summed E-state index contributed by atoms with van der Waals surface area (Å²) in [7, 11) is 4.47. The number of anilines is 1. The molecule has 1 atom stereocenters. The molecule has 0 aliphatic carbocycles. The molecule has 1 saturated heterocycles. The third-order valence-corrected chi connectivity index (χ3v) is 5.81. The van der Waals surface area contributed by atoms with Crippen molar-refractivity contribution in [3.8, 4) is 17.2 Å². The Labute approximate surface area is 197 Å². The Morgan fingerprint density at radius 3 is 1.97 bits per heavy atom. The van der Waals surface area contributed by atoms with E-state index in [1.165, 1.54) is 26.2 Å². The largest absolute Gasteiger partial charge is 0.507 e. The summed E-state index contributed by atoms with van der Waals surface area (Å²) in [5.41, 5.74) is 2.46. The maximum absolute atomic E-state index is 13.3. The first-order valence-electron chi connectivity index (χ1n) is 10.6. The number of nitrogens with zero attached hydrogens (tertiary/aromatic N) is 1. The van der Waals surface area contributed by atoms with Gasteiger partial charge in [0.15, 0.2) is 11.5 Å². The summed E-state index contributed by atoms with van der Waals surface area (Å²) in [6.07, 6.45) is 0. The van der Waals surface area contributed by atoms with E-state index in [9.17, 15) is 14.7 Å². The first-order chi connectivity index (χ1) is 16.4. The van der Waals surface area contributed by atoms with E-state index in [1.807, 2.05) is 19.1 Å². The smallest absolute Gasteiger partial charge is 0.300 e. The molecule has 0 saturated carbocycles. The SMILES string of the molecule is COc1cc(C2/C(=C(\O)c3ccccc3)C(=O)C(=O)N2c2ccc(C)cc2)cc(OC)c1OC. The van der Waals surface area contributed by atoms with Gasteiger partial charge >= 0.3 is 0 Å². The predicted molar refractivity (Wildman–Crippen MR) is 129 cm³/mol. The Balaban J connectivity index is 2.01. The van der Waals surface area contributed by atoms with E-state index in [2.05, 4.69) is 0 Å². The Morgan fingerprint density at radius 2 is 1.44 bits per heavy atom. The fourth-order valence-corrected chi connectivity index (χ4v) is 4.13. The van der Waals surface area contributed by atoms with Crippen LogP contribution in [0.1, 0.15) is 22.7 Å². The van der Waals surface area contributed by atoms with E-state index >= 15 is 0 Å². The second kappa shape index (κ2) is 9.31. The lowest BCUT2D eigenvalue weighted by atomic mass is 9.94. The number of benzene rings is 3. The zero-order valence-electron chi connectivity index (χ0n) is 19.4. The molecule has 1 N–H and O–H groups in total. The lowest BCUT2D eigenvalue weighted by molar-refractivity contribution is -0.132. The van der Waals surface area contributed by atoms with Crippen LogP contribution in [0.4, 0.5) is 5.69 Å². The van der Waals surface area contributed by atoms with E-state index in [0.29, 0.717) is 34.1 Å². The summed E-state index contributed by atoms with van der Waals surface area (Å²) < 4.78 is 16.4. The van der Waals surface area contributed by atoms with Crippen molar-refractivity contribution >= 4 is 23.1 Å². The molecule has 7 nitrogen and oxygen atoms in total. The molecule has 0 bridgehead atoms. The Bertz CT molecular complexity index is 1240. The second-order valence-corrected chi connectivity index (χ2v) is 7.83. The van der Waals surface area contributed by atoms with Crippen LogP contribution in [0.3, 0.4) is 0 Å². The average molecular weight is 459 g/mol. The molecule has 0 aromatic heterocycles. The number of Topliss-reactive ketones (excluding diaryl/α,β-unsaturated/α-hetero) is 1. The number of hydrogen-bond acceptors (Lipinski definition) is 6. The predicted octanol–water partition coefficient (Wildman–Crippen LogP) is 4.65. The quantitative estimate of drug-likeness (QED) is 0.328. The van der Waals surface area contributed by atoms with Gasteiger partial charge in [-0.2, -0.15) is 0 Å². The highest BCUT2D eigenvalue weighted by Gasteiger charge is 2.47. The van der Waals surface area contributed by atoms with Crippen LogP contribution < -0.4 is 19.1 Å². The van der Waals surface area contributed by atoms with Gasteiger partial charge in [0, 0.05) is 11.3 Å². The van der Waals surface area contributed by atoms with Crippen molar-refractivity contribution in [3.63, 3.8) is 0 Å². The van der Waals surface area contributed by atoms with Crippen molar-refractivity contribution in [2.45, 2.75) is 13.0 Å². The summed E-state index contributed by atoms with van der Waals surface area (Å²) in [6.45, 7) is 1.93. The molecule has 1 amide bonds. The van der Waals surface area contributed by atoms with Gasteiger partial charge in [0.25, 0.3) is 11.7 Å². The van der Waals surface area contributed by atoms with Crippen molar-refractivity contribution in [1.29, 1.82) is 0 Å². The number of carbonyl (C=O) groups excluding carboxylic acids is 2. The number of aryl methyl sites for hydroxylation is 1. The number of methoxy groups -OCH3 is 3. The standard InChI is InChI=1S/C27H25NO6/c1-16-10-12-19(13-11-16)28-23(18-14-20(32-2)26(34-4)21(15-18)33-3)22(25(30)27(28)31)24(29)17-8-6-5-7-9-17/h5-15,23,29H,1-4H3/b24-22+. The van der Waals surface area contributed by atoms with Gasteiger partial charge < -0.3 is 19.3 Å². The monoisotopic (exact) mass is 459 g/mol. The molecule has 1 heterocycles. The second-order valence-electron chi connectivity index (χ2n) is 7.83. The maximum Gasteiger partial charge on any atom is 0.300 e. The number of rotatable bonds is 6. The molecule has 174 valence electrons. The van der Waals surface area contributed by atoms with E-state index in [-0.39, 0.29) is 11.3 Å². The highest BCUT2D eigenvalue weighted by Crippen LogP contribution is 2.47. The van der Waals surface area contributed by atoms with Gasteiger partial charge in [-0.15, -0.1) is 0 Å². The highest BCUT2D eigenvalue weighted by molar-refractivity contribution is 6.51. The molecule has 34 heavy (non-hydrogen) atoms. The van der Waals surface area contributed by atoms with E-state index < -0.39 is 17.7 Å². The van der Waals surface area contributed by atoms with Crippen molar-refractivity contribution in [1.82, 2.24) is 0 Å². The topological polar surface area (TPSA) is 85.3 Å². The Kier molecular flexibility index (Phi) is 6.27. The molecule has 4 rings (SSSR count).